The van der Waals surface area contributed by atoms with Gasteiger partial charge in [0.25, 0.3) is 0 Å². The highest BCUT2D eigenvalue weighted by Gasteiger charge is 2.15. The lowest BCUT2D eigenvalue weighted by atomic mass is 10.1. The second-order valence-corrected chi connectivity index (χ2v) is 5.48. The third-order valence-corrected chi connectivity index (χ3v) is 3.66. The lowest BCUT2D eigenvalue weighted by Crippen LogP contribution is -2.16. The van der Waals surface area contributed by atoms with Crippen molar-refractivity contribution in [3.8, 4) is 23.0 Å². The van der Waals surface area contributed by atoms with Crippen molar-refractivity contribution in [1.82, 2.24) is 5.16 Å². The van der Waals surface area contributed by atoms with Crippen LogP contribution in [0.5, 0.6) is 11.5 Å². The smallest absolute Gasteiger partial charge is 0.310 e. The predicted octanol–water partition coefficient (Wildman–Crippen LogP) is 2.99. The second-order valence-electron chi connectivity index (χ2n) is 5.48. The zero-order valence-corrected chi connectivity index (χ0v) is 13.3. The maximum absolute atomic E-state index is 12.0. The molecule has 2 aromatic heterocycles. The first-order valence-corrected chi connectivity index (χ1v) is 7.81. The number of benzene rings is 1. The van der Waals surface area contributed by atoms with Crippen LogP contribution in [0.1, 0.15) is 11.3 Å². The third kappa shape index (κ3) is 3.50. The molecule has 25 heavy (non-hydrogen) atoms. The van der Waals surface area contributed by atoms with E-state index in [2.05, 4.69) is 5.16 Å². The lowest BCUT2D eigenvalue weighted by Gasteiger charge is -2.18. The van der Waals surface area contributed by atoms with Gasteiger partial charge in [-0.15, -0.1) is 0 Å². The molecule has 0 amide bonds. The van der Waals surface area contributed by atoms with Gasteiger partial charge >= 0.3 is 5.97 Å². The number of rotatable bonds is 5. The van der Waals surface area contributed by atoms with Gasteiger partial charge in [0.2, 0.25) is 5.76 Å². The Hall–Kier alpha value is -3.22. The van der Waals surface area contributed by atoms with E-state index >= 15 is 0 Å². The van der Waals surface area contributed by atoms with Crippen molar-refractivity contribution in [3.63, 3.8) is 0 Å². The van der Waals surface area contributed by atoms with Crippen LogP contribution in [-0.2, 0) is 22.6 Å². The van der Waals surface area contributed by atoms with Crippen LogP contribution in [0.4, 0.5) is 0 Å². The summed E-state index contributed by atoms with van der Waals surface area (Å²) in [4.78, 5) is 12.0. The molecule has 3 aromatic rings. The predicted molar refractivity (Wildman–Crippen MR) is 85.1 cm³/mol. The van der Waals surface area contributed by atoms with E-state index in [1.54, 1.807) is 36.6 Å². The molecular formula is C18H15NO6. The molecule has 0 spiro atoms. The maximum atomic E-state index is 12.0. The molecule has 0 fully saturated rings. The summed E-state index contributed by atoms with van der Waals surface area (Å²) in [5.74, 6) is 2.04. The number of esters is 1. The van der Waals surface area contributed by atoms with Crippen LogP contribution >= 0.6 is 0 Å². The van der Waals surface area contributed by atoms with Gasteiger partial charge in [-0.2, -0.15) is 0 Å². The van der Waals surface area contributed by atoms with Crippen molar-refractivity contribution >= 4 is 5.97 Å². The molecule has 0 atom stereocenters. The van der Waals surface area contributed by atoms with Gasteiger partial charge in [-0.3, -0.25) is 4.79 Å². The molecule has 4 rings (SSSR count). The van der Waals surface area contributed by atoms with E-state index in [1.807, 2.05) is 6.07 Å². The van der Waals surface area contributed by atoms with E-state index in [-0.39, 0.29) is 19.0 Å². The van der Waals surface area contributed by atoms with Crippen molar-refractivity contribution in [2.24, 2.45) is 0 Å². The number of hydrogen-bond acceptors (Lipinski definition) is 7. The molecule has 0 saturated heterocycles. The Labute approximate surface area is 143 Å². The molecule has 0 N–H and O–H groups in total. The highest BCUT2D eigenvalue weighted by molar-refractivity contribution is 5.73. The molecule has 1 aliphatic heterocycles. The minimum Gasteiger partial charge on any atom is -0.486 e. The summed E-state index contributed by atoms with van der Waals surface area (Å²) >= 11 is 0. The molecule has 128 valence electrons. The number of ether oxygens (including phenoxy) is 3. The van der Waals surface area contributed by atoms with Gasteiger partial charge in [0, 0.05) is 6.07 Å². The first-order valence-electron chi connectivity index (χ1n) is 7.81. The normalized spacial score (nSPS) is 12.8. The van der Waals surface area contributed by atoms with Gasteiger partial charge in [-0.25, -0.2) is 0 Å². The molecule has 0 bridgehead atoms. The molecule has 7 nitrogen and oxygen atoms in total. The molecule has 0 aliphatic carbocycles. The minimum absolute atomic E-state index is 0.0353. The Bertz CT molecular complexity index is 868. The quantitative estimate of drug-likeness (QED) is 0.660. The third-order valence-electron chi connectivity index (χ3n) is 3.66. The summed E-state index contributed by atoms with van der Waals surface area (Å²) < 4.78 is 26.6. The first kappa shape index (κ1) is 15.3. The van der Waals surface area contributed by atoms with Crippen LogP contribution in [0.3, 0.4) is 0 Å². The summed E-state index contributed by atoms with van der Waals surface area (Å²) in [5, 5.41) is 3.86. The highest BCUT2D eigenvalue weighted by Crippen LogP contribution is 2.31. The highest BCUT2D eigenvalue weighted by atomic mass is 16.6. The van der Waals surface area contributed by atoms with Gasteiger partial charge in [-0.1, -0.05) is 11.2 Å². The van der Waals surface area contributed by atoms with Crippen molar-refractivity contribution in [1.29, 1.82) is 0 Å². The fourth-order valence-electron chi connectivity index (χ4n) is 2.48. The fraction of sp³-hybridized carbons (Fsp3) is 0.222. The number of fused-ring (bicyclic) bond motifs is 1. The number of hydrogen-bond donors (Lipinski definition) is 0. The van der Waals surface area contributed by atoms with Crippen LogP contribution < -0.4 is 9.47 Å². The summed E-state index contributed by atoms with van der Waals surface area (Å²) in [6, 6.07) is 10.6. The van der Waals surface area contributed by atoms with Gasteiger partial charge in [0.1, 0.15) is 25.5 Å². The Morgan fingerprint density at radius 1 is 1.08 bits per heavy atom. The largest absolute Gasteiger partial charge is 0.486 e. The van der Waals surface area contributed by atoms with Crippen LogP contribution in [0.15, 0.2) is 51.6 Å². The number of aromatic nitrogens is 1. The zero-order chi connectivity index (χ0) is 17.1. The second kappa shape index (κ2) is 6.72. The number of carbonyl (C=O) groups excluding carboxylic acids is 1. The van der Waals surface area contributed by atoms with Crippen LogP contribution in [0.25, 0.3) is 11.5 Å². The van der Waals surface area contributed by atoms with E-state index < -0.39 is 0 Å². The Morgan fingerprint density at radius 3 is 2.80 bits per heavy atom. The van der Waals surface area contributed by atoms with Gasteiger partial charge in [0.05, 0.1) is 12.7 Å². The molecule has 7 heteroatoms. The molecule has 1 aromatic carbocycles. The first-order chi connectivity index (χ1) is 12.3. The molecular weight excluding hydrogens is 326 g/mol. The maximum Gasteiger partial charge on any atom is 0.310 e. The van der Waals surface area contributed by atoms with E-state index in [0.717, 1.165) is 5.56 Å². The summed E-state index contributed by atoms with van der Waals surface area (Å²) in [6.07, 6.45) is 1.68. The number of nitrogens with zero attached hydrogens (tertiary/aromatic N) is 1. The Morgan fingerprint density at radius 2 is 1.96 bits per heavy atom. The summed E-state index contributed by atoms with van der Waals surface area (Å²) in [7, 11) is 0. The SMILES string of the molecule is O=C(Cc1ccc2c(c1)OCCO2)OCc1cc(-c2ccco2)on1. The minimum atomic E-state index is -0.362. The Kier molecular flexibility index (Phi) is 4.12. The molecule has 1 aliphatic rings. The fourth-order valence-corrected chi connectivity index (χ4v) is 2.48. The van der Waals surface area contributed by atoms with Gasteiger partial charge in [-0.05, 0) is 29.8 Å². The molecule has 0 radical (unpaired) electrons. The summed E-state index contributed by atoms with van der Waals surface area (Å²) in [5.41, 5.74) is 1.31. The van der Waals surface area contributed by atoms with Crippen LogP contribution in [0, 0.1) is 0 Å². The standard InChI is InChI=1S/C18H15NO6/c20-18(9-12-3-4-15-16(8-12)23-7-6-22-15)24-11-13-10-17(25-19-13)14-2-1-5-21-14/h1-5,8,10H,6-7,9,11H2. The van der Waals surface area contributed by atoms with E-state index in [1.165, 1.54) is 0 Å². The molecule has 3 heterocycles. The number of furan rings is 1. The lowest BCUT2D eigenvalue weighted by molar-refractivity contribution is -0.144. The average molecular weight is 341 g/mol. The van der Waals surface area contributed by atoms with Crippen molar-refractivity contribution in [2.45, 2.75) is 13.0 Å². The monoisotopic (exact) mass is 341 g/mol. The van der Waals surface area contributed by atoms with E-state index in [4.69, 9.17) is 23.2 Å². The van der Waals surface area contributed by atoms with Crippen LogP contribution in [-0.4, -0.2) is 24.3 Å². The topological polar surface area (TPSA) is 83.9 Å². The van der Waals surface area contributed by atoms with E-state index in [0.29, 0.717) is 41.9 Å². The summed E-state index contributed by atoms with van der Waals surface area (Å²) in [6.45, 7) is 1.07. The molecule has 0 saturated carbocycles. The zero-order valence-electron chi connectivity index (χ0n) is 13.3. The average Bonchev–Trinajstić information content (AvgIpc) is 3.31. The Balaban J connectivity index is 1.33. The van der Waals surface area contributed by atoms with Crippen LogP contribution in [0.2, 0.25) is 0 Å². The van der Waals surface area contributed by atoms with Crippen molar-refractivity contribution in [3.05, 3.63) is 53.9 Å². The van der Waals surface area contributed by atoms with Gasteiger partial charge < -0.3 is 23.2 Å². The van der Waals surface area contributed by atoms with Crippen molar-refractivity contribution in [2.75, 3.05) is 13.2 Å². The van der Waals surface area contributed by atoms with Crippen molar-refractivity contribution < 1.29 is 27.9 Å². The van der Waals surface area contributed by atoms with E-state index in [9.17, 15) is 4.79 Å². The molecule has 0 unspecified atom stereocenters. The van der Waals surface area contributed by atoms with Gasteiger partial charge in [0.15, 0.2) is 17.3 Å². The number of carbonyl (C=O) groups is 1.